The Morgan fingerprint density at radius 1 is 1.55 bits per heavy atom. The van der Waals surface area contributed by atoms with Gasteiger partial charge in [0.15, 0.2) is 0 Å². The van der Waals surface area contributed by atoms with Crippen LogP contribution < -0.4 is 0 Å². The Morgan fingerprint density at radius 2 is 2.18 bits per heavy atom. The smallest absolute Gasteiger partial charge is 0.310 e. The Labute approximate surface area is 66.9 Å². The zero-order valence-corrected chi connectivity index (χ0v) is 7.26. The van der Waals surface area contributed by atoms with Crippen LogP contribution >= 0.6 is 0 Å². The fourth-order valence-corrected chi connectivity index (χ4v) is 2.33. The lowest BCUT2D eigenvalue weighted by atomic mass is 10.1. The van der Waals surface area contributed by atoms with E-state index in [1.165, 1.54) is 0 Å². The number of esters is 1. The Balaban J connectivity index is 2.17. The van der Waals surface area contributed by atoms with E-state index >= 15 is 0 Å². The van der Waals surface area contributed by atoms with E-state index in [1.807, 2.05) is 6.92 Å². The molecule has 3 atom stereocenters. The van der Waals surface area contributed by atoms with E-state index in [-0.39, 0.29) is 23.4 Å². The standard InChI is InChI=1S/C9H14O2/c1-5-4-6-7(8(10)11-5)9(6,2)3/h5-7H,4H2,1-3H3/t5-,6-,7-/m0/s1. The summed E-state index contributed by atoms with van der Waals surface area (Å²) in [5.41, 5.74) is 0.224. The zero-order valence-electron chi connectivity index (χ0n) is 7.26. The van der Waals surface area contributed by atoms with Gasteiger partial charge < -0.3 is 4.74 Å². The number of fused-ring (bicyclic) bond motifs is 1. The molecule has 2 heteroatoms. The Hall–Kier alpha value is -0.530. The summed E-state index contributed by atoms with van der Waals surface area (Å²) >= 11 is 0. The van der Waals surface area contributed by atoms with Crippen molar-refractivity contribution in [2.24, 2.45) is 17.3 Å². The van der Waals surface area contributed by atoms with Gasteiger partial charge >= 0.3 is 5.97 Å². The van der Waals surface area contributed by atoms with Crippen LogP contribution in [0.2, 0.25) is 0 Å². The van der Waals surface area contributed by atoms with Crippen LogP contribution in [0.15, 0.2) is 0 Å². The molecule has 0 bridgehead atoms. The molecule has 2 rings (SSSR count). The summed E-state index contributed by atoms with van der Waals surface area (Å²) in [6.45, 7) is 6.28. The molecule has 0 aromatic rings. The minimum absolute atomic E-state index is 0.0266. The molecule has 1 aliphatic heterocycles. The van der Waals surface area contributed by atoms with Crippen LogP contribution in [0.25, 0.3) is 0 Å². The highest BCUT2D eigenvalue weighted by Crippen LogP contribution is 2.62. The summed E-state index contributed by atoms with van der Waals surface area (Å²) in [7, 11) is 0. The van der Waals surface area contributed by atoms with Crippen LogP contribution in [0.4, 0.5) is 0 Å². The maximum Gasteiger partial charge on any atom is 0.310 e. The summed E-state index contributed by atoms with van der Waals surface area (Å²) in [6.07, 6.45) is 1.20. The molecule has 0 amide bonds. The normalized spacial score (nSPS) is 46.1. The molecule has 1 saturated heterocycles. The average Bonchev–Trinajstić information content (AvgIpc) is 2.34. The van der Waals surface area contributed by atoms with Crippen molar-refractivity contribution >= 4 is 5.97 Å². The molecule has 1 saturated carbocycles. The lowest BCUT2D eigenvalue weighted by Gasteiger charge is -2.16. The van der Waals surface area contributed by atoms with Gasteiger partial charge in [0.2, 0.25) is 0 Å². The van der Waals surface area contributed by atoms with Crippen molar-refractivity contribution in [2.75, 3.05) is 0 Å². The lowest BCUT2D eigenvalue weighted by Crippen LogP contribution is -2.22. The molecule has 0 unspecified atom stereocenters. The van der Waals surface area contributed by atoms with Gasteiger partial charge in [-0.05, 0) is 24.7 Å². The van der Waals surface area contributed by atoms with Gasteiger partial charge in [0, 0.05) is 0 Å². The van der Waals surface area contributed by atoms with Crippen LogP contribution in [-0.2, 0) is 9.53 Å². The third kappa shape index (κ3) is 0.815. The molecular formula is C9H14O2. The fraction of sp³-hybridized carbons (Fsp3) is 0.889. The lowest BCUT2D eigenvalue weighted by molar-refractivity contribution is -0.154. The van der Waals surface area contributed by atoms with Crippen LogP contribution in [0.3, 0.4) is 0 Å². The minimum Gasteiger partial charge on any atom is -0.462 e. The second kappa shape index (κ2) is 1.79. The highest BCUT2D eigenvalue weighted by molar-refractivity contribution is 5.78. The quantitative estimate of drug-likeness (QED) is 0.495. The third-order valence-corrected chi connectivity index (χ3v) is 3.21. The van der Waals surface area contributed by atoms with Gasteiger partial charge in [-0.2, -0.15) is 0 Å². The van der Waals surface area contributed by atoms with Crippen molar-refractivity contribution in [1.82, 2.24) is 0 Å². The van der Waals surface area contributed by atoms with Gasteiger partial charge in [-0.1, -0.05) is 13.8 Å². The molecular weight excluding hydrogens is 140 g/mol. The maximum absolute atomic E-state index is 11.2. The maximum atomic E-state index is 11.2. The molecule has 1 aliphatic carbocycles. The fourth-order valence-electron chi connectivity index (χ4n) is 2.33. The largest absolute Gasteiger partial charge is 0.462 e. The van der Waals surface area contributed by atoms with E-state index in [1.54, 1.807) is 0 Å². The summed E-state index contributed by atoms with van der Waals surface area (Å²) in [6, 6.07) is 0. The molecule has 0 N–H and O–H groups in total. The summed E-state index contributed by atoms with van der Waals surface area (Å²) < 4.78 is 5.14. The van der Waals surface area contributed by atoms with E-state index in [0.717, 1.165) is 6.42 Å². The first-order valence-electron chi connectivity index (χ1n) is 4.24. The van der Waals surface area contributed by atoms with Crippen molar-refractivity contribution in [3.63, 3.8) is 0 Å². The van der Waals surface area contributed by atoms with E-state index in [9.17, 15) is 4.79 Å². The topological polar surface area (TPSA) is 26.3 Å². The van der Waals surface area contributed by atoms with Crippen LogP contribution in [0, 0.1) is 17.3 Å². The molecule has 0 spiro atoms. The zero-order chi connectivity index (χ0) is 8.22. The van der Waals surface area contributed by atoms with Gasteiger partial charge in [-0.3, -0.25) is 4.79 Å². The number of ether oxygens (including phenoxy) is 1. The number of hydrogen-bond acceptors (Lipinski definition) is 2. The Kier molecular flexibility index (Phi) is 1.16. The van der Waals surface area contributed by atoms with Crippen molar-refractivity contribution in [1.29, 1.82) is 0 Å². The van der Waals surface area contributed by atoms with Crippen molar-refractivity contribution in [3.8, 4) is 0 Å². The molecule has 0 radical (unpaired) electrons. The molecule has 2 nitrogen and oxygen atoms in total. The van der Waals surface area contributed by atoms with Gasteiger partial charge in [0.25, 0.3) is 0 Å². The van der Waals surface area contributed by atoms with Crippen molar-refractivity contribution in [2.45, 2.75) is 33.3 Å². The van der Waals surface area contributed by atoms with E-state index in [0.29, 0.717) is 5.92 Å². The third-order valence-electron chi connectivity index (χ3n) is 3.21. The second-order valence-corrected chi connectivity index (χ2v) is 4.39. The van der Waals surface area contributed by atoms with Gasteiger partial charge in [-0.25, -0.2) is 0 Å². The molecule has 62 valence electrons. The van der Waals surface area contributed by atoms with E-state index in [4.69, 9.17) is 4.74 Å². The molecule has 0 aromatic heterocycles. The van der Waals surface area contributed by atoms with Crippen LogP contribution in [0.1, 0.15) is 27.2 Å². The number of carbonyl (C=O) groups is 1. The summed E-state index contributed by atoms with van der Waals surface area (Å²) in [5.74, 6) is 0.830. The summed E-state index contributed by atoms with van der Waals surface area (Å²) in [4.78, 5) is 11.2. The number of cyclic esters (lactones) is 1. The van der Waals surface area contributed by atoms with Gasteiger partial charge in [-0.15, -0.1) is 0 Å². The Bertz CT molecular complexity index is 208. The SMILES string of the molecule is C[C@H]1C[C@H]2[C@@H](C(=O)O1)C2(C)C. The minimum atomic E-state index is 0.0266. The molecule has 1 heterocycles. The van der Waals surface area contributed by atoms with Crippen LogP contribution in [-0.4, -0.2) is 12.1 Å². The first kappa shape index (κ1) is 7.14. The number of carbonyl (C=O) groups excluding carboxylic acids is 1. The van der Waals surface area contributed by atoms with E-state index < -0.39 is 0 Å². The van der Waals surface area contributed by atoms with Crippen molar-refractivity contribution < 1.29 is 9.53 Å². The average molecular weight is 154 g/mol. The van der Waals surface area contributed by atoms with Crippen molar-refractivity contribution in [3.05, 3.63) is 0 Å². The van der Waals surface area contributed by atoms with E-state index in [2.05, 4.69) is 13.8 Å². The highest BCUT2D eigenvalue weighted by atomic mass is 16.5. The number of rotatable bonds is 0. The summed E-state index contributed by atoms with van der Waals surface area (Å²) in [5, 5.41) is 0. The first-order chi connectivity index (χ1) is 5.03. The molecule has 2 fully saturated rings. The highest BCUT2D eigenvalue weighted by Gasteiger charge is 2.64. The van der Waals surface area contributed by atoms with Crippen LogP contribution in [0.5, 0.6) is 0 Å². The molecule has 11 heavy (non-hydrogen) atoms. The second-order valence-electron chi connectivity index (χ2n) is 4.39. The molecule has 2 aliphatic rings. The Morgan fingerprint density at radius 3 is 2.73 bits per heavy atom. The van der Waals surface area contributed by atoms with Gasteiger partial charge in [0.1, 0.15) is 0 Å². The molecule has 0 aromatic carbocycles. The first-order valence-corrected chi connectivity index (χ1v) is 4.24. The predicted octanol–water partition coefficient (Wildman–Crippen LogP) is 1.59. The van der Waals surface area contributed by atoms with Gasteiger partial charge in [0.05, 0.1) is 12.0 Å². The monoisotopic (exact) mass is 154 g/mol. The predicted molar refractivity (Wildman–Crippen MR) is 40.9 cm³/mol. The number of hydrogen-bond donors (Lipinski definition) is 0.